The molecule has 1 amide bonds. The topological polar surface area (TPSA) is 65.1 Å². The second-order valence-corrected chi connectivity index (χ2v) is 4.57. The predicted octanol–water partition coefficient (Wildman–Crippen LogP) is 1.84. The lowest BCUT2D eigenvalue weighted by molar-refractivity contribution is -0.122. The number of halogens is 2. The Kier molecular flexibility index (Phi) is 4.68. The van der Waals surface area contributed by atoms with Crippen LogP contribution in [0.25, 0.3) is 10.9 Å². The van der Waals surface area contributed by atoms with Crippen molar-refractivity contribution in [3.63, 3.8) is 0 Å². The number of rotatable bonds is 6. The lowest BCUT2D eigenvalue weighted by Gasteiger charge is -2.10. The lowest BCUT2D eigenvalue weighted by atomic mass is 10.1. The summed E-state index contributed by atoms with van der Waals surface area (Å²) < 4.78 is 24.1. The molecule has 108 valence electrons. The minimum atomic E-state index is -2.84. The molecule has 1 heterocycles. The Bertz CT molecular complexity index is 583. The third-order valence-corrected chi connectivity index (χ3v) is 3.10. The van der Waals surface area contributed by atoms with E-state index in [1.54, 1.807) is 0 Å². The van der Waals surface area contributed by atoms with Crippen LogP contribution in [0.5, 0.6) is 0 Å². The van der Waals surface area contributed by atoms with Gasteiger partial charge >= 0.3 is 0 Å². The molecule has 1 atom stereocenters. The van der Waals surface area contributed by atoms with Gasteiger partial charge in [-0.15, -0.1) is 0 Å². The number of aromatic amines is 1. The second-order valence-electron chi connectivity index (χ2n) is 4.57. The molecule has 0 fully saturated rings. The van der Waals surface area contributed by atoms with E-state index in [2.05, 4.69) is 10.3 Å². The summed E-state index contributed by atoms with van der Waals surface area (Å²) in [5, 5.41) is 12.2. The Morgan fingerprint density at radius 1 is 1.35 bits per heavy atom. The van der Waals surface area contributed by atoms with E-state index in [1.807, 2.05) is 30.5 Å². The molecule has 0 aliphatic carbocycles. The first-order valence-electron chi connectivity index (χ1n) is 6.36. The highest BCUT2D eigenvalue weighted by Crippen LogP contribution is 2.18. The number of hydrogen-bond donors (Lipinski definition) is 3. The van der Waals surface area contributed by atoms with Crippen LogP contribution in [0.3, 0.4) is 0 Å². The highest BCUT2D eigenvalue weighted by atomic mass is 19.3. The zero-order valence-corrected chi connectivity index (χ0v) is 10.8. The van der Waals surface area contributed by atoms with Gasteiger partial charge < -0.3 is 15.4 Å². The number of H-pyrrole nitrogens is 1. The van der Waals surface area contributed by atoms with Crippen LogP contribution in [0.1, 0.15) is 12.0 Å². The molecule has 0 bridgehead atoms. The summed E-state index contributed by atoms with van der Waals surface area (Å²) in [6.45, 7) is -0.426. The summed E-state index contributed by atoms with van der Waals surface area (Å²) in [7, 11) is 0. The fourth-order valence-corrected chi connectivity index (χ4v) is 1.98. The number of aryl methyl sites for hydroxylation is 1. The fraction of sp³-hybridized carbons (Fsp3) is 0.357. The van der Waals surface area contributed by atoms with Gasteiger partial charge in [-0.3, -0.25) is 4.79 Å². The first kappa shape index (κ1) is 14.5. The first-order valence-corrected chi connectivity index (χ1v) is 6.36. The van der Waals surface area contributed by atoms with Crippen molar-refractivity contribution in [2.24, 2.45) is 0 Å². The molecular formula is C14H16F2N2O2. The summed E-state index contributed by atoms with van der Waals surface area (Å²) in [5.74, 6) is -0.352. The van der Waals surface area contributed by atoms with Crippen LogP contribution in [-0.2, 0) is 11.2 Å². The largest absolute Gasteiger partial charge is 0.385 e. The molecule has 20 heavy (non-hydrogen) atoms. The predicted molar refractivity (Wildman–Crippen MR) is 71.6 cm³/mol. The molecule has 0 spiro atoms. The third kappa shape index (κ3) is 3.54. The number of aromatic nitrogens is 1. The van der Waals surface area contributed by atoms with Crippen molar-refractivity contribution in [1.29, 1.82) is 0 Å². The second kappa shape index (κ2) is 6.47. The van der Waals surface area contributed by atoms with Crippen LogP contribution in [-0.4, -0.2) is 35.1 Å². The summed E-state index contributed by atoms with van der Waals surface area (Å²) in [4.78, 5) is 14.6. The average Bonchev–Trinajstić information content (AvgIpc) is 2.85. The maximum atomic E-state index is 12.1. The van der Waals surface area contributed by atoms with Crippen molar-refractivity contribution in [2.75, 3.05) is 6.54 Å². The van der Waals surface area contributed by atoms with E-state index >= 15 is 0 Å². The SMILES string of the molecule is O=C(CCc1c[nH]c2ccccc12)NCC(O)C(F)F. The van der Waals surface area contributed by atoms with Crippen LogP contribution in [0, 0.1) is 0 Å². The number of hydrogen-bond acceptors (Lipinski definition) is 2. The molecular weight excluding hydrogens is 266 g/mol. The maximum absolute atomic E-state index is 12.1. The highest BCUT2D eigenvalue weighted by molar-refractivity contribution is 5.84. The Balaban J connectivity index is 1.84. The lowest BCUT2D eigenvalue weighted by Crippen LogP contribution is -2.35. The van der Waals surface area contributed by atoms with Crippen LogP contribution in [0.4, 0.5) is 8.78 Å². The molecule has 0 radical (unpaired) electrons. The van der Waals surface area contributed by atoms with Crippen molar-refractivity contribution in [3.8, 4) is 0 Å². The molecule has 1 aromatic heterocycles. The van der Waals surface area contributed by atoms with Crippen molar-refractivity contribution < 1.29 is 18.7 Å². The first-order chi connectivity index (χ1) is 9.58. The zero-order chi connectivity index (χ0) is 14.5. The normalized spacial score (nSPS) is 12.8. The zero-order valence-electron chi connectivity index (χ0n) is 10.8. The Labute approximate surface area is 114 Å². The van der Waals surface area contributed by atoms with E-state index in [0.29, 0.717) is 6.42 Å². The summed E-state index contributed by atoms with van der Waals surface area (Å²) in [6, 6.07) is 7.73. The van der Waals surface area contributed by atoms with Gasteiger partial charge in [0.1, 0.15) is 6.10 Å². The molecule has 2 rings (SSSR count). The summed E-state index contributed by atoms with van der Waals surface area (Å²) in [5.41, 5.74) is 2.00. The smallest absolute Gasteiger partial charge is 0.265 e. The average molecular weight is 282 g/mol. The van der Waals surface area contributed by atoms with Crippen molar-refractivity contribution in [3.05, 3.63) is 36.0 Å². The number of alkyl halides is 2. The van der Waals surface area contributed by atoms with E-state index in [4.69, 9.17) is 5.11 Å². The molecule has 1 aromatic carbocycles. The monoisotopic (exact) mass is 282 g/mol. The number of carbonyl (C=O) groups is 1. The minimum Gasteiger partial charge on any atom is -0.385 e. The number of aliphatic hydroxyl groups excluding tert-OH is 1. The van der Waals surface area contributed by atoms with Crippen LogP contribution in [0.15, 0.2) is 30.5 Å². The number of benzene rings is 1. The van der Waals surface area contributed by atoms with Gasteiger partial charge in [-0.25, -0.2) is 8.78 Å². The molecule has 0 saturated carbocycles. The molecule has 0 aliphatic heterocycles. The fourth-order valence-electron chi connectivity index (χ4n) is 1.98. The van der Waals surface area contributed by atoms with Gasteiger partial charge in [-0.05, 0) is 18.1 Å². The van der Waals surface area contributed by atoms with Crippen LogP contribution in [0.2, 0.25) is 0 Å². The van der Waals surface area contributed by atoms with Crippen molar-refractivity contribution in [2.45, 2.75) is 25.4 Å². The van der Waals surface area contributed by atoms with Gasteiger partial charge in [-0.1, -0.05) is 18.2 Å². The Morgan fingerprint density at radius 3 is 2.85 bits per heavy atom. The van der Waals surface area contributed by atoms with Crippen LogP contribution < -0.4 is 5.32 Å². The number of fused-ring (bicyclic) bond motifs is 1. The summed E-state index contributed by atoms with van der Waals surface area (Å²) in [6.07, 6.45) is -2.11. The van der Waals surface area contributed by atoms with Gasteiger partial charge in [-0.2, -0.15) is 0 Å². The molecule has 3 N–H and O–H groups in total. The van der Waals surface area contributed by atoms with Gasteiger partial charge in [0.2, 0.25) is 5.91 Å². The molecule has 0 saturated heterocycles. The Morgan fingerprint density at radius 2 is 2.10 bits per heavy atom. The van der Waals surface area contributed by atoms with E-state index in [-0.39, 0.29) is 12.3 Å². The third-order valence-electron chi connectivity index (χ3n) is 3.10. The minimum absolute atomic E-state index is 0.192. The quantitative estimate of drug-likeness (QED) is 0.757. The number of amides is 1. The molecule has 6 heteroatoms. The molecule has 4 nitrogen and oxygen atoms in total. The number of aliphatic hydroxyl groups is 1. The number of carbonyl (C=O) groups excluding carboxylic acids is 1. The van der Waals surface area contributed by atoms with E-state index in [9.17, 15) is 13.6 Å². The van der Waals surface area contributed by atoms with Gasteiger partial charge in [0, 0.05) is 30.1 Å². The van der Waals surface area contributed by atoms with Gasteiger partial charge in [0.15, 0.2) is 0 Å². The van der Waals surface area contributed by atoms with Gasteiger partial charge in [0.05, 0.1) is 0 Å². The molecule has 0 aliphatic rings. The van der Waals surface area contributed by atoms with Crippen molar-refractivity contribution in [1.82, 2.24) is 10.3 Å². The summed E-state index contributed by atoms with van der Waals surface area (Å²) >= 11 is 0. The van der Waals surface area contributed by atoms with E-state index in [0.717, 1.165) is 16.5 Å². The highest BCUT2D eigenvalue weighted by Gasteiger charge is 2.17. The number of para-hydroxylation sites is 1. The van der Waals surface area contributed by atoms with E-state index < -0.39 is 19.1 Å². The van der Waals surface area contributed by atoms with Crippen molar-refractivity contribution >= 4 is 16.8 Å². The Hall–Kier alpha value is -1.95. The standard InChI is InChI=1S/C14H16F2N2O2/c15-14(16)12(19)8-18-13(20)6-5-9-7-17-11-4-2-1-3-10(9)11/h1-4,7,12,14,17,19H,5-6,8H2,(H,18,20). The molecule has 1 unspecified atom stereocenters. The number of nitrogens with one attached hydrogen (secondary N) is 2. The molecule has 2 aromatic rings. The maximum Gasteiger partial charge on any atom is 0.265 e. The van der Waals surface area contributed by atoms with Crippen LogP contribution >= 0.6 is 0 Å². The van der Waals surface area contributed by atoms with E-state index in [1.165, 1.54) is 0 Å². The van der Waals surface area contributed by atoms with Gasteiger partial charge in [0.25, 0.3) is 6.43 Å².